The van der Waals surface area contributed by atoms with E-state index >= 15 is 0 Å². The molecule has 9 nitrogen and oxygen atoms in total. The van der Waals surface area contributed by atoms with Crippen LogP contribution in [0.1, 0.15) is 117 Å². The van der Waals surface area contributed by atoms with Gasteiger partial charge in [0.15, 0.2) is 0 Å². The van der Waals surface area contributed by atoms with Crippen molar-refractivity contribution in [1.29, 1.82) is 0 Å². The number of likely N-dealkylation sites (N-methyl/N-ethyl adjacent to an activating group) is 1. The topological polar surface area (TPSA) is 106 Å². The van der Waals surface area contributed by atoms with Gasteiger partial charge in [0.25, 0.3) is 0 Å². The highest BCUT2D eigenvalue weighted by molar-refractivity contribution is 7.09. The number of likely N-dealkylation sites (tertiary alicyclic amines) is 1. The second kappa shape index (κ2) is 20.7. The number of benzene rings is 1. The predicted octanol–water partition coefficient (Wildman–Crippen LogP) is 8.02. The number of thiazole rings is 1. The molecule has 0 radical (unpaired) electrons. The van der Waals surface area contributed by atoms with Crippen LogP contribution < -0.4 is 0 Å². The molecule has 2 amide bonds. The second-order valence-corrected chi connectivity index (χ2v) is 17.2. The molecule has 1 aliphatic rings. The van der Waals surface area contributed by atoms with E-state index in [-0.39, 0.29) is 66.1 Å². The van der Waals surface area contributed by atoms with Crippen molar-refractivity contribution >= 4 is 34.7 Å². The Morgan fingerprint density at radius 3 is 2.23 bits per heavy atom. The Bertz CT molecular complexity index is 1450. The van der Waals surface area contributed by atoms with Crippen LogP contribution in [0.15, 0.2) is 41.9 Å². The molecule has 53 heavy (non-hydrogen) atoms. The van der Waals surface area contributed by atoms with Crippen LogP contribution in [0.25, 0.3) is 0 Å². The third-order valence-corrected chi connectivity index (χ3v) is 13.0. The minimum Gasteiger partial charge on any atom is -0.379 e. The maximum atomic E-state index is 14.3. The lowest BCUT2D eigenvalue weighted by atomic mass is 9.78. The van der Waals surface area contributed by atoms with Crippen molar-refractivity contribution in [3.8, 4) is 0 Å². The highest BCUT2D eigenvalue weighted by Crippen LogP contribution is 2.34. The number of methoxy groups -OCH3 is 2. The Labute approximate surface area is 323 Å². The number of rotatable bonds is 22. The van der Waals surface area contributed by atoms with Crippen molar-refractivity contribution in [3.05, 3.63) is 52.5 Å². The third kappa shape index (κ3) is 11.5. The molecule has 0 saturated carbocycles. The Balaban J connectivity index is 1.78. The van der Waals surface area contributed by atoms with E-state index in [1.807, 2.05) is 70.0 Å². The van der Waals surface area contributed by atoms with Gasteiger partial charge in [-0.25, -0.2) is 4.98 Å². The van der Waals surface area contributed by atoms with Crippen molar-refractivity contribution in [2.75, 3.05) is 27.8 Å². The highest BCUT2D eigenvalue weighted by atomic mass is 32.1. The van der Waals surface area contributed by atoms with Crippen molar-refractivity contribution < 1.29 is 28.7 Å². The van der Waals surface area contributed by atoms with Crippen LogP contribution in [0.5, 0.6) is 0 Å². The van der Waals surface area contributed by atoms with Gasteiger partial charge < -0.3 is 19.3 Å². The summed E-state index contributed by atoms with van der Waals surface area (Å²) in [5, 5.41) is 2.90. The van der Waals surface area contributed by atoms with Crippen molar-refractivity contribution in [3.63, 3.8) is 0 Å². The summed E-state index contributed by atoms with van der Waals surface area (Å²) in [6, 6.07) is 9.56. The first-order valence-corrected chi connectivity index (χ1v) is 20.6. The molecule has 1 aromatic carbocycles. The minimum atomic E-state index is -0.555. The standard InChI is InChI=1S/C43H67N3O6S/c1-12-29(5)39(45(9)42(50)33(28(3)4)26-37(48)43(7,8)13-2)36(51-10)27-38(49)46-22-17-20-34(46)40(52-11)30(6)35(47)25-32(41-44-21-23-53-41)24-31-18-15-14-16-19-31/h14-16,18-19,21,23,28-30,32-34,36,39-40H,12-13,17,20,22,24-27H2,1-11H3/t29-,30-,32+,33-,34-,36+,39-,40+/m0/s1. The van der Waals surface area contributed by atoms with Gasteiger partial charge in [0.05, 0.1) is 35.7 Å². The number of Topliss-reactive ketones (excluding diaryl/α,β-unsaturated/α-hetero) is 2. The van der Waals surface area contributed by atoms with Gasteiger partial charge >= 0.3 is 0 Å². The summed E-state index contributed by atoms with van der Waals surface area (Å²) in [6.45, 7) is 16.5. The predicted molar refractivity (Wildman–Crippen MR) is 213 cm³/mol. The van der Waals surface area contributed by atoms with Gasteiger partial charge in [-0.3, -0.25) is 19.2 Å². The average Bonchev–Trinajstić information content (AvgIpc) is 3.87. The Morgan fingerprint density at radius 2 is 1.68 bits per heavy atom. The molecule has 8 atom stereocenters. The number of nitrogens with zero attached hydrogens (tertiary/aromatic N) is 3. The number of hydrogen-bond donors (Lipinski definition) is 0. The molecule has 0 aliphatic carbocycles. The monoisotopic (exact) mass is 753 g/mol. The molecule has 0 bridgehead atoms. The molecule has 1 aromatic heterocycles. The van der Waals surface area contributed by atoms with E-state index in [2.05, 4.69) is 31.0 Å². The number of carbonyl (C=O) groups excluding carboxylic acids is 4. The van der Waals surface area contributed by atoms with Gasteiger partial charge in [0.2, 0.25) is 11.8 Å². The first kappa shape index (κ1) is 44.4. The van der Waals surface area contributed by atoms with Crippen LogP contribution in [-0.4, -0.2) is 90.3 Å². The molecule has 1 saturated heterocycles. The number of hydrogen-bond acceptors (Lipinski definition) is 8. The van der Waals surface area contributed by atoms with Crippen LogP contribution in [0.4, 0.5) is 0 Å². The number of ether oxygens (including phenoxy) is 2. The van der Waals surface area contributed by atoms with E-state index in [4.69, 9.17) is 9.47 Å². The van der Waals surface area contributed by atoms with Crippen LogP contribution in [0.2, 0.25) is 0 Å². The van der Waals surface area contributed by atoms with E-state index in [0.29, 0.717) is 19.4 Å². The zero-order valence-electron chi connectivity index (χ0n) is 34.3. The number of ketones is 2. The molecule has 296 valence electrons. The lowest BCUT2D eigenvalue weighted by Crippen LogP contribution is -2.54. The van der Waals surface area contributed by atoms with E-state index in [1.54, 1.807) is 43.7 Å². The fraction of sp³-hybridized carbons (Fsp3) is 0.698. The largest absolute Gasteiger partial charge is 0.379 e. The maximum absolute atomic E-state index is 14.3. The van der Waals surface area contributed by atoms with Gasteiger partial charge in [-0.1, -0.05) is 92.1 Å². The molecule has 1 fully saturated rings. The van der Waals surface area contributed by atoms with Crippen molar-refractivity contribution in [2.24, 2.45) is 29.1 Å². The Morgan fingerprint density at radius 1 is 1.00 bits per heavy atom. The zero-order chi connectivity index (χ0) is 39.5. The van der Waals surface area contributed by atoms with Gasteiger partial charge in [0.1, 0.15) is 11.6 Å². The third-order valence-electron chi connectivity index (χ3n) is 12.1. The SMILES string of the molecule is CC[C@H](C)[C@@H]([C@@H](CC(=O)N1CCC[C@H]1[C@H](OC)[C@@H](C)C(=O)C[C@@H](Cc1ccccc1)c1nccs1)OC)N(C)C(=O)[C@@H](CC(=O)C(C)(C)CC)C(C)C. The first-order chi connectivity index (χ1) is 25.1. The molecule has 2 aromatic rings. The second-order valence-electron chi connectivity index (χ2n) is 16.2. The lowest BCUT2D eigenvalue weighted by Gasteiger charge is -2.41. The number of carbonyl (C=O) groups is 4. The number of aromatic nitrogens is 1. The molecule has 1 aliphatic heterocycles. The van der Waals surface area contributed by atoms with E-state index in [0.717, 1.165) is 36.3 Å². The van der Waals surface area contributed by atoms with E-state index in [1.165, 1.54) is 0 Å². The molecule has 0 unspecified atom stereocenters. The fourth-order valence-corrected chi connectivity index (χ4v) is 8.64. The number of amides is 2. The average molecular weight is 754 g/mol. The Hall–Kier alpha value is -2.95. The highest BCUT2D eigenvalue weighted by Gasteiger charge is 2.43. The maximum Gasteiger partial charge on any atom is 0.226 e. The summed E-state index contributed by atoms with van der Waals surface area (Å²) in [7, 11) is 5.03. The van der Waals surface area contributed by atoms with Crippen LogP contribution in [0.3, 0.4) is 0 Å². The summed E-state index contributed by atoms with van der Waals surface area (Å²) in [5.41, 5.74) is 0.664. The van der Waals surface area contributed by atoms with Gasteiger partial charge in [-0.2, -0.15) is 0 Å². The summed E-state index contributed by atoms with van der Waals surface area (Å²) < 4.78 is 12.1. The van der Waals surface area contributed by atoms with Crippen LogP contribution >= 0.6 is 11.3 Å². The quantitative estimate of drug-likeness (QED) is 0.120. The minimum absolute atomic E-state index is 0.0296. The molecule has 0 spiro atoms. The molecular formula is C43H67N3O6S. The normalized spacial score (nSPS) is 18.9. The zero-order valence-corrected chi connectivity index (χ0v) is 35.1. The van der Waals surface area contributed by atoms with Gasteiger partial charge in [0, 0.05) is 75.4 Å². The summed E-state index contributed by atoms with van der Waals surface area (Å²) >= 11 is 1.57. The Kier molecular flexibility index (Phi) is 17.3. The fourth-order valence-electron chi connectivity index (χ4n) is 7.89. The van der Waals surface area contributed by atoms with Crippen LogP contribution in [0, 0.1) is 29.1 Å². The summed E-state index contributed by atoms with van der Waals surface area (Å²) in [6.07, 6.45) is 5.16. The van der Waals surface area contributed by atoms with E-state index in [9.17, 15) is 19.2 Å². The summed E-state index contributed by atoms with van der Waals surface area (Å²) in [5.74, 6) is -0.901. The molecule has 2 heterocycles. The van der Waals surface area contributed by atoms with Gasteiger partial charge in [-0.15, -0.1) is 11.3 Å². The smallest absolute Gasteiger partial charge is 0.226 e. The first-order valence-electron chi connectivity index (χ1n) is 19.7. The summed E-state index contributed by atoms with van der Waals surface area (Å²) in [4.78, 5) is 63.9. The molecular weight excluding hydrogens is 687 g/mol. The van der Waals surface area contributed by atoms with Gasteiger partial charge in [-0.05, 0) is 43.1 Å². The molecule has 10 heteroatoms. The molecule has 0 N–H and O–H groups in total. The van der Waals surface area contributed by atoms with Crippen LogP contribution in [-0.2, 0) is 35.1 Å². The van der Waals surface area contributed by atoms with Crippen molar-refractivity contribution in [2.45, 2.75) is 137 Å². The molecule has 3 rings (SSSR count). The van der Waals surface area contributed by atoms with E-state index < -0.39 is 29.5 Å². The van der Waals surface area contributed by atoms with Crippen molar-refractivity contribution in [1.82, 2.24) is 14.8 Å². The lowest BCUT2D eigenvalue weighted by molar-refractivity contribution is -0.149.